The predicted molar refractivity (Wildman–Crippen MR) is 85.4 cm³/mol. The highest BCUT2D eigenvalue weighted by Gasteiger charge is 2.28. The van der Waals surface area contributed by atoms with Crippen LogP contribution >= 0.6 is 0 Å². The summed E-state index contributed by atoms with van der Waals surface area (Å²) in [5.74, 6) is 0. The van der Waals surface area contributed by atoms with Crippen molar-refractivity contribution in [2.45, 2.75) is 19.1 Å². The molecule has 4 heteroatoms. The molecular weight excluding hydrogens is 262 g/mol. The molecule has 1 fully saturated rings. The third kappa shape index (κ3) is 2.93. The topological polar surface area (TPSA) is 37.4 Å². The summed E-state index contributed by atoms with van der Waals surface area (Å²) in [4.78, 5) is 6.90. The molecule has 2 atom stereocenters. The minimum Gasteiger partial charge on any atom is -0.374 e. The van der Waals surface area contributed by atoms with Gasteiger partial charge in [-0.05, 0) is 31.3 Å². The van der Waals surface area contributed by atoms with Gasteiger partial charge in [0.1, 0.15) is 0 Å². The fourth-order valence-electron chi connectivity index (χ4n) is 3.16. The second-order valence-corrected chi connectivity index (χ2v) is 5.49. The second kappa shape index (κ2) is 6.52. The Balaban J connectivity index is 1.94. The molecule has 1 aromatic carbocycles. The van der Waals surface area contributed by atoms with Gasteiger partial charge in [0.15, 0.2) is 0 Å². The number of hydrogen-bond acceptors (Lipinski definition) is 4. The van der Waals surface area contributed by atoms with Crippen LogP contribution in [0.2, 0.25) is 0 Å². The zero-order chi connectivity index (χ0) is 14.7. The van der Waals surface area contributed by atoms with E-state index in [0.29, 0.717) is 0 Å². The molecule has 0 aliphatic carbocycles. The number of hydrogen-bond donors (Lipinski definition) is 1. The number of morpholine rings is 1. The highest BCUT2D eigenvalue weighted by Crippen LogP contribution is 2.28. The standard InChI is InChI=1S/C17H23N3O/c1-3-20-10-11-21-16(12-20)17(18-2)14-6-4-8-15-13(14)7-5-9-19-15/h4-9,16-18H,3,10-12H2,1-2H3. The van der Waals surface area contributed by atoms with E-state index in [-0.39, 0.29) is 12.1 Å². The van der Waals surface area contributed by atoms with Gasteiger partial charge in [0.2, 0.25) is 0 Å². The summed E-state index contributed by atoms with van der Waals surface area (Å²) in [6, 6.07) is 10.6. The van der Waals surface area contributed by atoms with Gasteiger partial charge in [-0.2, -0.15) is 0 Å². The van der Waals surface area contributed by atoms with Gasteiger partial charge in [0.25, 0.3) is 0 Å². The van der Waals surface area contributed by atoms with Gasteiger partial charge in [0.05, 0.1) is 24.3 Å². The van der Waals surface area contributed by atoms with Crippen molar-refractivity contribution in [2.75, 3.05) is 33.3 Å². The molecule has 1 aromatic heterocycles. The van der Waals surface area contributed by atoms with Crippen molar-refractivity contribution in [3.05, 3.63) is 42.1 Å². The maximum atomic E-state index is 6.04. The molecule has 1 N–H and O–H groups in total. The van der Waals surface area contributed by atoms with Gasteiger partial charge in [-0.15, -0.1) is 0 Å². The maximum Gasteiger partial charge on any atom is 0.0897 e. The average Bonchev–Trinajstić information content (AvgIpc) is 2.56. The lowest BCUT2D eigenvalue weighted by atomic mass is 9.96. The zero-order valence-corrected chi connectivity index (χ0v) is 12.7. The van der Waals surface area contributed by atoms with Gasteiger partial charge in [0, 0.05) is 24.7 Å². The summed E-state index contributed by atoms with van der Waals surface area (Å²) >= 11 is 0. The van der Waals surface area contributed by atoms with Crippen LogP contribution in [0.3, 0.4) is 0 Å². The van der Waals surface area contributed by atoms with Crippen LogP contribution in [0.15, 0.2) is 36.5 Å². The zero-order valence-electron chi connectivity index (χ0n) is 12.7. The largest absolute Gasteiger partial charge is 0.374 e. The predicted octanol–water partition coefficient (Wildman–Crippen LogP) is 2.22. The molecular formula is C17H23N3O. The summed E-state index contributed by atoms with van der Waals surface area (Å²) < 4.78 is 6.04. The summed E-state index contributed by atoms with van der Waals surface area (Å²) in [5, 5.41) is 4.65. The first-order valence-electron chi connectivity index (χ1n) is 7.68. The van der Waals surface area contributed by atoms with Gasteiger partial charge in [-0.3, -0.25) is 9.88 Å². The lowest BCUT2D eigenvalue weighted by Gasteiger charge is -2.37. The number of aromatic nitrogens is 1. The van der Waals surface area contributed by atoms with E-state index in [1.165, 1.54) is 10.9 Å². The fourth-order valence-corrected chi connectivity index (χ4v) is 3.16. The molecule has 0 radical (unpaired) electrons. The van der Waals surface area contributed by atoms with E-state index in [2.05, 4.69) is 46.4 Å². The van der Waals surface area contributed by atoms with Crippen molar-refractivity contribution in [3.63, 3.8) is 0 Å². The highest BCUT2D eigenvalue weighted by atomic mass is 16.5. The van der Waals surface area contributed by atoms with Crippen LogP contribution in [-0.2, 0) is 4.74 Å². The Morgan fingerprint density at radius 1 is 1.38 bits per heavy atom. The van der Waals surface area contributed by atoms with Gasteiger partial charge < -0.3 is 10.1 Å². The van der Waals surface area contributed by atoms with Crippen molar-refractivity contribution < 1.29 is 4.74 Å². The number of rotatable bonds is 4. The number of likely N-dealkylation sites (N-methyl/N-ethyl adjacent to an activating group) is 2. The van der Waals surface area contributed by atoms with E-state index < -0.39 is 0 Å². The number of nitrogens with one attached hydrogen (secondary N) is 1. The molecule has 2 aromatic rings. The Bertz CT molecular complexity index is 596. The van der Waals surface area contributed by atoms with Crippen LogP contribution < -0.4 is 5.32 Å². The van der Waals surface area contributed by atoms with Crippen LogP contribution in [0.1, 0.15) is 18.5 Å². The quantitative estimate of drug-likeness (QED) is 0.934. The molecule has 112 valence electrons. The SMILES string of the molecule is CCN1CCOC(C(NC)c2cccc3ncccc23)C1. The third-order valence-electron chi connectivity index (χ3n) is 4.32. The monoisotopic (exact) mass is 285 g/mol. The lowest BCUT2D eigenvalue weighted by molar-refractivity contribution is -0.0442. The normalized spacial score (nSPS) is 21.5. The molecule has 0 amide bonds. The molecule has 2 heterocycles. The first kappa shape index (κ1) is 14.4. The highest BCUT2D eigenvalue weighted by molar-refractivity contribution is 5.82. The minimum atomic E-state index is 0.175. The molecule has 0 spiro atoms. The van der Waals surface area contributed by atoms with Crippen LogP contribution in [0.25, 0.3) is 10.9 Å². The van der Waals surface area contributed by atoms with E-state index in [9.17, 15) is 0 Å². The molecule has 0 bridgehead atoms. The van der Waals surface area contributed by atoms with Crippen LogP contribution in [-0.4, -0.2) is 49.3 Å². The third-order valence-corrected chi connectivity index (χ3v) is 4.32. The number of benzene rings is 1. The minimum absolute atomic E-state index is 0.175. The van der Waals surface area contributed by atoms with Crippen molar-refractivity contribution in [1.29, 1.82) is 0 Å². The average molecular weight is 285 g/mol. The van der Waals surface area contributed by atoms with Crippen molar-refractivity contribution in [3.8, 4) is 0 Å². The maximum absolute atomic E-state index is 6.04. The van der Waals surface area contributed by atoms with Gasteiger partial charge >= 0.3 is 0 Å². The van der Waals surface area contributed by atoms with E-state index in [0.717, 1.165) is 31.8 Å². The first-order valence-corrected chi connectivity index (χ1v) is 7.68. The summed E-state index contributed by atoms with van der Waals surface area (Å²) in [6.45, 7) is 6.09. The summed E-state index contributed by atoms with van der Waals surface area (Å²) in [5.41, 5.74) is 2.31. The lowest BCUT2D eigenvalue weighted by Crippen LogP contribution is -2.47. The van der Waals surface area contributed by atoms with Crippen LogP contribution in [0.4, 0.5) is 0 Å². The van der Waals surface area contributed by atoms with Crippen molar-refractivity contribution >= 4 is 10.9 Å². The molecule has 0 saturated carbocycles. The number of nitrogens with zero attached hydrogens (tertiary/aromatic N) is 2. The molecule has 1 aliphatic rings. The Kier molecular flexibility index (Phi) is 4.48. The van der Waals surface area contributed by atoms with E-state index in [4.69, 9.17) is 4.74 Å². The van der Waals surface area contributed by atoms with Crippen LogP contribution in [0, 0.1) is 0 Å². The molecule has 2 unspecified atom stereocenters. The summed E-state index contributed by atoms with van der Waals surface area (Å²) in [6.07, 6.45) is 2.02. The molecule has 1 aliphatic heterocycles. The van der Waals surface area contributed by atoms with E-state index in [1.807, 2.05) is 19.3 Å². The second-order valence-electron chi connectivity index (χ2n) is 5.49. The molecule has 21 heavy (non-hydrogen) atoms. The van der Waals surface area contributed by atoms with Crippen LogP contribution in [0.5, 0.6) is 0 Å². The summed E-state index contributed by atoms with van der Waals surface area (Å²) in [7, 11) is 2.01. The smallest absolute Gasteiger partial charge is 0.0897 e. The Morgan fingerprint density at radius 3 is 3.10 bits per heavy atom. The number of pyridine rings is 1. The van der Waals surface area contributed by atoms with Crippen molar-refractivity contribution in [2.24, 2.45) is 0 Å². The molecule has 1 saturated heterocycles. The van der Waals surface area contributed by atoms with Gasteiger partial charge in [-0.25, -0.2) is 0 Å². The first-order chi connectivity index (χ1) is 10.3. The number of fused-ring (bicyclic) bond motifs is 1. The Morgan fingerprint density at radius 2 is 2.29 bits per heavy atom. The number of ether oxygens (including phenoxy) is 1. The van der Waals surface area contributed by atoms with Gasteiger partial charge in [-0.1, -0.05) is 25.1 Å². The Labute approximate surface area is 126 Å². The van der Waals surface area contributed by atoms with Crippen molar-refractivity contribution in [1.82, 2.24) is 15.2 Å². The van der Waals surface area contributed by atoms with E-state index in [1.54, 1.807) is 0 Å². The Hall–Kier alpha value is -1.49. The van der Waals surface area contributed by atoms with E-state index >= 15 is 0 Å². The molecule has 4 nitrogen and oxygen atoms in total. The molecule has 3 rings (SSSR count). The fraction of sp³-hybridized carbons (Fsp3) is 0.471.